The van der Waals surface area contributed by atoms with Crippen LogP contribution in [0.1, 0.15) is 24.0 Å². The SMILES string of the molecule is CNC(=O)C1(Cc2ccc(-c3cccs3)cc2)CCCN(C(=O)Cc2cccnc2)C1. The van der Waals surface area contributed by atoms with Crippen molar-refractivity contribution in [3.63, 3.8) is 0 Å². The number of amides is 2. The molecule has 3 aromatic rings. The van der Waals surface area contributed by atoms with Gasteiger partial charge in [0.05, 0.1) is 11.8 Å². The largest absolute Gasteiger partial charge is 0.359 e. The zero-order valence-corrected chi connectivity index (χ0v) is 18.5. The zero-order chi connectivity index (χ0) is 21.7. The highest BCUT2D eigenvalue weighted by molar-refractivity contribution is 7.13. The Morgan fingerprint density at radius 2 is 1.97 bits per heavy atom. The molecule has 4 rings (SSSR count). The van der Waals surface area contributed by atoms with Crippen molar-refractivity contribution in [2.45, 2.75) is 25.7 Å². The number of piperidine rings is 1. The van der Waals surface area contributed by atoms with Crippen LogP contribution in [0.5, 0.6) is 0 Å². The van der Waals surface area contributed by atoms with Crippen LogP contribution in [0.2, 0.25) is 0 Å². The van der Waals surface area contributed by atoms with E-state index >= 15 is 0 Å². The van der Waals surface area contributed by atoms with Crippen molar-refractivity contribution in [3.05, 3.63) is 77.4 Å². The number of aromatic nitrogens is 1. The van der Waals surface area contributed by atoms with E-state index in [0.717, 1.165) is 24.0 Å². The summed E-state index contributed by atoms with van der Waals surface area (Å²) < 4.78 is 0. The summed E-state index contributed by atoms with van der Waals surface area (Å²) in [6.45, 7) is 1.13. The van der Waals surface area contributed by atoms with Crippen LogP contribution < -0.4 is 5.32 Å². The molecule has 0 radical (unpaired) electrons. The molecule has 1 unspecified atom stereocenters. The van der Waals surface area contributed by atoms with E-state index < -0.39 is 5.41 Å². The smallest absolute Gasteiger partial charge is 0.228 e. The monoisotopic (exact) mass is 433 g/mol. The van der Waals surface area contributed by atoms with Gasteiger partial charge in [-0.2, -0.15) is 0 Å². The maximum atomic E-state index is 13.0. The van der Waals surface area contributed by atoms with Gasteiger partial charge in [0.2, 0.25) is 11.8 Å². The fourth-order valence-corrected chi connectivity index (χ4v) is 5.16. The van der Waals surface area contributed by atoms with Gasteiger partial charge in [-0.3, -0.25) is 14.6 Å². The van der Waals surface area contributed by atoms with Crippen molar-refractivity contribution in [3.8, 4) is 10.4 Å². The summed E-state index contributed by atoms with van der Waals surface area (Å²) >= 11 is 1.72. The van der Waals surface area contributed by atoms with Crippen LogP contribution in [0.3, 0.4) is 0 Å². The molecule has 0 aliphatic carbocycles. The van der Waals surface area contributed by atoms with Gasteiger partial charge in [-0.25, -0.2) is 0 Å². The standard InChI is InChI=1S/C25H27N3O2S/c1-26-24(30)25(16-19-7-9-21(10-8-19)22-6-3-14-31-22)11-4-13-28(18-25)23(29)15-20-5-2-12-27-17-20/h2-3,5-10,12,14,17H,4,11,13,15-16,18H2,1H3,(H,26,30). The Morgan fingerprint density at radius 1 is 1.13 bits per heavy atom. The molecule has 1 atom stereocenters. The third-order valence-electron chi connectivity index (χ3n) is 6.02. The second-order valence-electron chi connectivity index (χ2n) is 8.17. The lowest BCUT2D eigenvalue weighted by atomic mass is 9.74. The molecule has 3 heterocycles. The van der Waals surface area contributed by atoms with Crippen molar-refractivity contribution in [2.75, 3.05) is 20.1 Å². The first-order valence-corrected chi connectivity index (χ1v) is 11.5. The van der Waals surface area contributed by atoms with E-state index in [2.05, 4.69) is 46.0 Å². The minimum atomic E-state index is -0.609. The Kier molecular flexibility index (Phi) is 6.47. The Morgan fingerprint density at radius 3 is 2.65 bits per heavy atom. The van der Waals surface area contributed by atoms with Gasteiger partial charge in [0.1, 0.15) is 0 Å². The van der Waals surface area contributed by atoms with Crippen molar-refractivity contribution in [1.29, 1.82) is 0 Å². The molecule has 160 valence electrons. The van der Waals surface area contributed by atoms with Crippen molar-refractivity contribution in [1.82, 2.24) is 15.2 Å². The minimum Gasteiger partial charge on any atom is -0.359 e. The van der Waals surface area contributed by atoms with Gasteiger partial charge >= 0.3 is 0 Å². The minimum absolute atomic E-state index is 0.00807. The number of thiophene rings is 1. The van der Waals surface area contributed by atoms with Gasteiger partial charge in [0, 0.05) is 37.4 Å². The molecule has 0 saturated carbocycles. The number of benzene rings is 1. The number of nitrogens with zero attached hydrogens (tertiary/aromatic N) is 2. The molecule has 1 aliphatic heterocycles. The average molecular weight is 434 g/mol. The normalized spacial score (nSPS) is 18.5. The van der Waals surface area contributed by atoms with Crippen molar-refractivity contribution in [2.24, 2.45) is 5.41 Å². The number of carbonyl (C=O) groups excluding carboxylic acids is 2. The Balaban J connectivity index is 1.51. The lowest BCUT2D eigenvalue weighted by Crippen LogP contribution is -2.54. The molecule has 5 nitrogen and oxygen atoms in total. The van der Waals surface area contributed by atoms with Gasteiger partial charge in [0.15, 0.2) is 0 Å². The van der Waals surface area contributed by atoms with Crippen LogP contribution in [0.4, 0.5) is 0 Å². The van der Waals surface area contributed by atoms with Crippen LogP contribution in [-0.2, 0) is 22.4 Å². The molecule has 0 bridgehead atoms. The predicted molar refractivity (Wildman–Crippen MR) is 124 cm³/mol. The highest BCUT2D eigenvalue weighted by atomic mass is 32.1. The van der Waals surface area contributed by atoms with Gasteiger partial charge in [-0.1, -0.05) is 36.4 Å². The Bertz CT molecular complexity index is 1020. The summed E-state index contributed by atoms with van der Waals surface area (Å²) in [5.41, 5.74) is 2.59. The first-order valence-electron chi connectivity index (χ1n) is 10.6. The van der Waals surface area contributed by atoms with E-state index in [-0.39, 0.29) is 11.8 Å². The number of rotatable bonds is 6. The molecule has 2 aromatic heterocycles. The maximum Gasteiger partial charge on any atom is 0.228 e. The molecule has 31 heavy (non-hydrogen) atoms. The summed E-state index contributed by atoms with van der Waals surface area (Å²) in [7, 11) is 1.68. The van der Waals surface area contributed by atoms with Crippen LogP contribution in [-0.4, -0.2) is 41.8 Å². The van der Waals surface area contributed by atoms with Gasteiger partial charge < -0.3 is 10.2 Å². The van der Waals surface area contributed by atoms with Crippen molar-refractivity contribution >= 4 is 23.2 Å². The summed E-state index contributed by atoms with van der Waals surface area (Å²) in [6, 6.07) is 16.4. The number of hydrogen-bond donors (Lipinski definition) is 1. The average Bonchev–Trinajstić information content (AvgIpc) is 3.35. The molecular formula is C25H27N3O2S. The predicted octanol–water partition coefficient (Wildman–Crippen LogP) is 3.95. The van der Waals surface area contributed by atoms with Gasteiger partial charge in [-0.15, -0.1) is 11.3 Å². The number of hydrogen-bond acceptors (Lipinski definition) is 4. The molecule has 1 N–H and O–H groups in total. The number of nitrogens with one attached hydrogen (secondary N) is 1. The molecule has 1 saturated heterocycles. The third kappa shape index (κ3) is 4.85. The summed E-state index contributed by atoms with van der Waals surface area (Å²) in [5, 5.41) is 4.93. The van der Waals surface area contributed by atoms with Crippen LogP contribution in [0.15, 0.2) is 66.3 Å². The first-order chi connectivity index (χ1) is 15.1. The van der Waals surface area contributed by atoms with Gasteiger partial charge in [-0.05, 0) is 53.5 Å². The molecular weight excluding hydrogens is 406 g/mol. The fraction of sp³-hybridized carbons (Fsp3) is 0.320. The van der Waals surface area contributed by atoms with Gasteiger partial charge in [0.25, 0.3) is 0 Å². The van der Waals surface area contributed by atoms with E-state index in [9.17, 15) is 9.59 Å². The molecule has 1 aliphatic rings. The number of pyridine rings is 1. The summed E-state index contributed by atoms with van der Waals surface area (Å²) in [5.74, 6) is 0.0581. The maximum absolute atomic E-state index is 13.0. The lowest BCUT2D eigenvalue weighted by molar-refractivity contribution is -0.141. The molecule has 1 aromatic carbocycles. The van der Waals surface area contributed by atoms with Crippen molar-refractivity contribution < 1.29 is 9.59 Å². The summed E-state index contributed by atoms with van der Waals surface area (Å²) in [6.07, 6.45) is 5.95. The third-order valence-corrected chi connectivity index (χ3v) is 6.94. The molecule has 6 heteroatoms. The van der Waals surface area contributed by atoms with E-state index in [1.165, 1.54) is 10.4 Å². The molecule has 2 amide bonds. The van der Waals surface area contributed by atoms with E-state index in [4.69, 9.17) is 0 Å². The summed E-state index contributed by atoms with van der Waals surface area (Å²) in [4.78, 5) is 33.2. The van der Waals surface area contributed by atoms with Crippen LogP contribution in [0, 0.1) is 5.41 Å². The first kappa shape index (κ1) is 21.2. The van der Waals surface area contributed by atoms with E-state index in [0.29, 0.717) is 25.9 Å². The Labute approximate surface area is 187 Å². The number of likely N-dealkylation sites (tertiary alicyclic amines) is 1. The highest BCUT2D eigenvalue weighted by Crippen LogP contribution is 2.35. The highest BCUT2D eigenvalue weighted by Gasteiger charge is 2.43. The Hall–Kier alpha value is -2.99. The molecule has 0 spiro atoms. The van der Waals surface area contributed by atoms with E-state index in [1.54, 1.807) is 30.8 Å². The fourth-order valence-electron chi connectivity index (χ4n) is 4.43. The second-order valence-corrected chi connectivity index (χ2v) is 9.12. The zero-order valence-electron chi connectivity index (χ0n) is 17.7. The topological polar surface area (TPSA) is 62.3 Å². The second kappa shape index (κ2) is 9.43. The van der Waals surface area contributed by atoms with Crippen LogP contribution >= 0.6 is 11.3 Å². The lowest BCUT2D eigenvalue weighted by Gasteiger charge is -2.41. The van der Waals surface area contributed by atoms with E-state index in [1.807, 2.05) is 23.1 Å². The molecule has 1 fully saturated rings. The van der Waals surface area contributed by atoms with Crippen LogP contribution in [0.25, 0.3) is 10.4 Å². The quantitative estimate of drug-likeness (QED) is 0.640. The number of carbonyl (C=O) groups is 2.